The monoisotopic (exact) mass is 270 g/mol. The van der Waals surface area contributed by atoms with Crippen molar-refractivity contribution >= 4 is 31.5 Å². The number of benzene rings is 1. The molecule has 5 heteroatoms. The highest BCUT2D eigenvalue weighted by Crippen LogP contribution is 2.31. The molecule has 0 aliphatic heterocycles. The predicted octanol–water partition coefficient (Wildman–Crippen LogP) is 3.41. The van der Waals surface area contributed by atoms with Crippen molar-refractivity contribution in [2.24, 2.45) is 0 Å². The minimum Gasteiger partial charge on any atom is -0.381 e. The van der Waals surface area contributed by atoms with Gasteiger partial charge >= 0.3 is 10.1 Å². The fraction of sp³-hybridized carbons (Fsp3) is 0.333. The van der Waals surface area contributed by atoms with Gasteiger partial charge in [0.25, 0.3) is 0 Å². The van der Waals surface area contributed by atoms with E-state index in [1.54, 1.807) is 12.1 Å². The zero-order chi connectivity index (χ0) is 12.3. The van der Waals surface area contributed by atoms with Crippen molar-refractivity contribution in [2.45, 2.75) is 19.8 Å². The average Bonchev–Trinajstić information content (AvgIpc) is 2.75. The van der Waals surface area contributed by atoms with Crippen molar-refractivity contribution < 1.29 is 12.6 Å². The lowest BCUT2D eigenvalue weighted by atomic mass is 10.2. The van der Waals surface area contributed by atoms with Crippen LogP contribution in [0.25, 0.3) is 10.1 Å². The lowest BCUT2D eigenvalue weighted by Gasteiger charge is -2.07. The first kappa shape index (κ1) is 12.4. The van der Waals surface area contributed by atoms with E-state index in [9.17, 15) is 8.42 Å². The summed E-state index contributed by atoms with van der Waals surface area (Å²) in [6.07, 6.45) is 1.47. The van der Waals surface area contributed by atoms with Gasteiger partial charge in [0.05, 0.1) is 10.5 Å². The van der Waals surface area contributed by atoms with Crippen molar-refractivity contribution in [3.8, 4) is 5.75 Å². The topological polar surface area (TPSA) is 43.4 Å². The van der Waals surface area contributed by atoms with E-state index in [1.165, 1.54) is 11.3 Å². The largest absolute Gasteiger partial charge is 0.381 e. The van der Waals surface area contributed by atoms with E-state index in [4.69, 9.17) is 4.18 Å². The minimum absolute atomic E-state index is 0.0747. The van der Waals surface area contributed by atoms with Gasteiger partial charge in [-0.05, 0) is 29.3 Å². The Morgan fingerprint density at radius 3 is 2.88 bits per heavy atom. The molecule has 0 fully saturated rings. The van der Waals surface area contributed by atoms with Crippen LogP contribution in [0.15, 0.2) is 29.6 Å². The zero-order valence-electron chi connectivity index (χ0n) is 9.55. The molecule has 2 rings (SSSR count). The Bertz CT molecular complexity index is 599. The smallest absolute Gasteiger partial charge is 0.309 e. The van der Waals surface area contributed by atoms with Crippen LogP contribution < -0.4 is 4.18 Å². The van der Waals surface area contributed by atoms with Gasteiger partial charge in [0.1, 0.15) is 0 Å². The van der Waals surface area contributed by atoms with Gasteiger partial charge < -0.3 is 4.18 Å². The minimum atomic E-state index is -3.46. The summed E-state index contributed by atoms with van der Waals surface area (Å²) in [5.41, 5.74) is 0. The molecule has 17 heavy (non-hydrogen) atoms. The third kappa shape index (κ3) is 2.98. The molecule has 0 saturated heterocycles. The number of fused-ring (bicyclic) bond motifs is 1. The Balaban J connectivity index is 2.26. The molecule has 1 aromatic heterocycles. The summed E-state index contributed by atoms with van der Waals surface area (Å²) < 4.78 is 29.5. The molecule has 92 valence electrons. The van der Waals surface area contributed by atoms with Gasteiger partial charge in [-0.1, -0.05) is 25.5 Å². The molecule has 2 aromatic rings. The first-order valence-electron chi connectivity index (χ1n) is 5.51. The Labute approximate surface area is 105 Å². The molecule has 0 unspecified atom stereocenters. The highest BCUT2D eigenvalue weighted by Gasteiger charge is 2.14. The van der Waals surface area contributed by atoms with Gasteiger partial charge in [0.2, 0.25) is 0 Å². The van der Waals surface area contributed by atoms with Crippen LogP contribution in [-0.2, 0) is 10.1 Å². The maximum atomic E-state index is 11.7. The van der Waals surface area contributed by atoms with Crippen molar-refractivity contribution in [3.63, 3.8) is 0 Å². The maximum Gasteiger partial charge on any atom is 0.309 e. The van der Waals surface area contributed by atoms with Crippen molar-refractivity contribution in [3.05, 3.63) is 29.6 Å². The quantitative estimate of drug-likeness (QED) is 0.782. The van der Waals surface area contributed by atoms with Crippen molar-refractivity contribution in [1.82, 2.24) is 0 Å². The van der Waals surface area contributed by atoms with Gasteiger partial charge in [-0.15, -0.1) is 11.3 Å². The molecule has 0 N–H and O–H groups in total. The molecule has 0 radical (unpaired) electrons. The highest BCUT2D eigenvalue weighted by molar-refractivity contribution is 7.87. The normalized spacial score (nSPS) is 11.8. The third-order valence-electron chi connectivity index (χ3n) is 2.41. The standard InChI is InChI=1S/C12H14O3S2/c1-2-3-9-17(13,14)15-11-6-4-5-10-7-8-16-12(10)11/h4-8H,2-3,9H2,1H3. The number of unbranched alkanes of at least 4 members (excludes halogenated alkanes) is 1. The first-order valence-corrected chi connectivity index (χ1v) is 7.96. The van der Waals surface area contributed by atoms with Crippen LogP contribution in [0.3, 0.4) is 0 Å². The summed E-state index contributed by atoms with van der Waals surface area (Å²) >= 11 is 1.49. The first-order chi connectivity index (χ1) is 8.12. The fourth-order valence-corrected chi connectivity index (χ4v) is 3.57. The molecule has 0 spiro atoms. The molecular weight excluding hydrogens is 256 g/mol. The van der Waals surface area contributed by atoms with Gasteiger partial charge in [-0.25, -0.2) is 0 Å². The van der Waals surface area contributed by atoms with Gasteiger partial charge in [-0.2, -0.15) is 8.42 Å². The Morgan fingerprint density at radius 2 is 2.12 bits per heavy atom. The van der Waals surface area contributed by atoms with Crippen molar-refractivity contribution in [1.29, 1.82) is 0 Å². The molecule has 0 aliphatic carbocycles. The molecular formula is C12H14O3S2. The van der Waals surface area contributed by atoms with E-state index in [1.807, 2.05) is 24.4 Å². The number of hydrogen-bond donors (Lipinski definition) is 0. The average molecular weight is 270 g/mol. The van der Waals surface area contributed by atoms with Gasteiger partial charge in [0.15, 0.2) is 5.75 Å². The Morgan fingerprint density at radius 1 is 1.29 bits per heavy atom. The predicted molar refractivity (Wildman–Crippen MR) is 71.1 cm³/mol. The second-order valence-electron chi connectivity index (χ2n) is 3.79. The van der Waals surface area contributed by atoms with Crippen LogP contribution >= 0.6 is 11.3 Å². The molecule has 0 amide bonds. The van der Waals surface area contributed by atoms with Crippen LogP contribution in [0, 0.1) is 0 Å². The Kier molecular flexibility index (Phi) is 3.69. The van der Waals surface area contributed by atoms with Gasteiger partial charge in [0, 0.05) is 0 Å². The Hall–Kier alpha value is -1.07. The molecule has 0 bridgehead atoms. The van der Waals surface area contributed by atoms with Crippen LogP contribution in [0.4, 0.5) is 0 Å². The lowest BCUT2D eigenvalue weighted by Crippen LogP contribution is -2.13. The summed E-state index contributed by atoms with van der Waals surface area (Å²) in [6, 6.07) is 7.39. The number of rotatable bonds is 5. The van der Waals surface area contributed by atoms with Crippen LogP contribution in [-0.4, -0.2) is 14.2 Å². The zero-order valence-corrected chi connectivity index (χ0v) is 11.2. The fourth-order valence-electron chi connectivity index (χ4n) is 1.53. The summed E-state index contributed by atoms with van der Waals surface area (Å²) in [4.78, 5) is 0. The van der Waals surface area contributed by atoms with Crippen molar-refractivity contribution in [2.75, 3.05) is 5.75 Å². The summed E-state index contributed by atoms with van der Waals surface area (Å²) in [6.45, 7) is 1.95. The molecule has 3 nitrogen and oxygen atoms in total. The lowest BCUT2D eigenvalue weighted by molar-refractivity contribution is 0.486. The van der Waals surface area contributed by atoms with Gasteiger partial charge in [-0.3, -0.25) is 0 Å². The second kappa shape index (κ2) is 5.06. The molecule has 0 saturated carbocycles. The van der Waals surface area contributed by atoms with Crippen LogP contribution in [0.5, 0.6) is 5.75 Å². The van der Waals surface area contributed by atoms with Crippen LogP contribution in [0.1, 0.15) is 19.8 Å². The van der Waals surface area contributed by atoms with Crippen LogP contribution in [0.2, 0.25) is 0 Å². The highest BCUT2D eigenvalue weighted by atomic mass is 32.2. The number of hydrogen-bond acceptors (Lipinski definition) is 4. The van der Waals surface area contributed by atoms with E-state index in [0.717, 1.165) is 16.5 Å². The molecule has 0 aliphatic rings. The summed E-state index contributed by atoms with van der Waals surface area (Å²) in [5, 5.41) is 2.94. The SMILES string of the molecule is CCCCS(=O)(=O)Oc1cccc2ccsc12. The molecule has 1 heterocycles. The molecule has 0 atom stereocenters. The van der Waals surface area contributed by atoms with E-state index >= 15 is 0 Å². The van der Waals surface area contributed by atoms with E-state index in [0.29, 0.717) is 12.2 Å². The van der Waals surface area contributed by atoms with E-state index in [-0.39, 0.29) is 5.75 Å². The van der Waals surface area contributed by atoms with E-state index < -0.39 is 10.1 Å². The maximum absolute atomic E-state index is 11.7. The third-order valence-corrected chi connectivity index (χ3v) is 4.57. The second-order valence-corrected chi connectivity index (χ2v) is 6.40. The molecule has 1 aromatic carbocycles. The van der Waals surface area contributed by atoms with E-state index in [2.05, 4.69) is 0 Å². The summed E-state index contributed by atoms with van der Waals surface area (Å²) in [7, 11) is -3.46. The summed E-state index contributed by atoms with van der Waals surface area (Å²) in [5.74, 6) is 0.513. The number of thiophene rings is 1.